The fraction of sp³-hybridized carbons (Fsp3) is 0.286. The predicted octanol–water partition coefficient (Wildman–Crippen LogP) is 4.38. The summed E-state index contributed by atoms with van der Waals surface area (Å²) in [6, 6.07) is 8.02. The maximum absolute atomic E-state index is 12.6. The van der Waals surface area contributed by atoms with Crippen LogP contribution in [0.25, 0.3) is 11.4 Å². The molecular weight excluding hydrogens is 426 g/mol. The molecule has 0 spiro atoms. The summed E-state index contributed by atoms with van der Waals surface area (Å²) in [6.45, 7) is 3.59. The third-order valence-electron chi connectivity index (χ3n) is 4.45. The topological polar surface area (TPSA) is 73.4 Å². The minimum atomic E-state index is -2.87. The summed E-state index contributed by atoms with van der Waals surface area (Å²) in [5.74, 6) is 1.53. The van der Waals surface area contributed by atoms with E-state index in [2.05, 4.69) is 21.5 Å². The number of carbonyl (C=O) groups is 1. The molecule has 0 saturated heterocycles. The van der Waals surface area contributed by atoms with Crippen LogP contribution in [-0.4, -0.2) is 45.0 Å². The quantitative estimate of drug-likeness (QED) is 0.338. The number of thioether (sulfide) groups is 1. The first-order chi connectivity index (χ1) is 14.9. The number of hydrogen-bond acceptors (Lipinski definition) is 6. The number of furan rings is 1. The summed E-state index contributed by atoms with van der Waals surface area (Å²) >= 11 is 1.28. The Kier molecular flexibility index (Phi) is 7.45. The number of amides is 1. The number of aromatic nitrogens is 3. The second kappa shape index (κ2) is 10.3. The van der Waals surface area contributed by atoms with Crippen molar-refractivity contribution in [1.82, 2.24) is 19.7 Å². The zero-order valence-electron chi connectivity index (χ0n) is 17.1. The predicted molar refractivity (Wildman–Crippen MR) is 113 cm³/mol. The highest BCUT2D eigenvalue weighted by atomic mass is 32.2. The maximum Gasteiger partial charge on any atom is 0.387 e. The Labute approximate surface area is 182 Å². The lowest BCUT2D eigenvalue weighted by molar-refractivity contribution is -0.127. The monoisotopic (exact) mass is 448 g/mol. The SMILES string of the molecule is C=CCn1c(SCC(=O)N(C)Cc2ccc(OC(F)F)cc2)nnc1-c1ccoc1C. The van der Waals surface area contributed by atoms with Crippen molar-refractivity contribution in [2.75, 3.05) is 12.8 Å². The number of carbonyl (C=O) groups excluding carboxylic acids is 1. The van der Waals surface area contributed by atoms with E-state index in [1.54, 1.807) is 36.4 Å². The van der Waals surface area contributed by atoms with E-state index in [9.17, 15) is 13.6 Å². The summed E-state index contributed by atoms with van der Waals surface area (Å²) in [7, 11) is 1.68. The standard InChI is InChI=1S/C21H22F2N4O3S/c1-4-10-27-19(17-9-11-29-14(17)2)24-25-21(27)31-13-18(28)26(3)12-15-5-7-16(8-6-15)30-20(22)23/h4-9,11,20H,1,10,12-13H2,2-3H3. The van der Waals surface area contributed by atoms with Gasteiger partial charge in [-0.2, -0.15) is 8.78 Å². The Hall–Kier alpha value is -3.14. The van der Waals surface area contributed by atoms with Crippen LogP contribution >= 0.6 is 11.8 Å². The summed E-state index contributed by atoms with van der Waals surface area (Å²) in [6.07, 6.45) is 3.33. The molecule has 0 unspecified atom stereocenters. The molecule has 3 rings (SSSR count). The van der Waals surface area contributed by atoms with Gasteiger partial charge in [-0.05, 0) is 30.7 Å². The van der Waals surface area contributed by atoms with E-state index in [1.807, 2.05) is 17.6 Å². The highest BCUT2D eigenvalue weighted by molar-refractivity contribution is 7.99. The number of allylic oxidation sites excluding steroid dienone is 1. The second-order valence-electron chi connectivity index (χ2n) is 6.66. The van der Waals surface area contributed by atoms with Crippen LogP contribution in [0.1, 0.15) is 11.3 Å². The molecular formula is C21H22F2N4O3S. The van der Waals surface area contributed by atoms with Gasteiger partial charge in [0, 0.05) is 20.1 Å². The Bertz CT molecular complexity index is 1030. The number of alkyl halides is 2. The molecule has 0 atom stereocenters. The van der Waals surface area contributed by atoms with Crippen molar-refractivity contribution in [2.24, 2.45) is 0 Å². The zero-order chi connectivity index (χ0) is 22.4. The molecule has 0 radical (unpaired) electrons. The lowest BCUT2D eigenvalue weighted by Gasteiger charge is -2.17. The van der Waals surface area contributed by atoms with Gasteiger partial charge >= 0.3 is 6.61 Å². The highest BCUT2D eigenvalue weighted by Crippen LogP contribution is 2.27. The first-order valence-electron chi connectivity index (χ1n) is 9.38. The molecule has 7 nitrogen and oxygen atoms in total. The van der Waals surface area contributed by atoms with E-state index in [-0.39, 0.29) is 17.4 Å². The van der Waals surface area contributed by atoms with E-state index >= 15 is 0 Å². The van der Waals surface area contributed by atoms with Gasteiger partial charge in [0.15, 0.2) is 11.0 Å². The molecule has 2 heterocycles. The van der Waals surface area contributed by atoms with Crippen molar-refractivity contribution in [3.05, 3.63) is 60.6 Å². The molecule has 0 aliphatic carbocycles. The summed E-state index contributed by atoms with van der Waals surface area (Å²) < 4.78 is 36.0. The first-order valence-corrected chi connectivity index (χ1v) is 10.4. The third-order valence-corrected chi connectivity index (χ3v) is 5.40. The van der Waals surface area contributed by atoms with Gasteiger partial charge < -0.3 is 14.1 Å². The van der Waals surface area contributed by atoms with Gasteiger partial charge in [0.25, 0.3) is 0 Å². The zero-order valence-corrected chi connectivity index (χ0v) is 17.9. The number of nitrogens with zero attached hydrogens (tertiary/aromatic N) is 4. The van der Waals surface area contributed by atoms with Crippen molar-refractivity contribution in [1.29, 1.82) is 0 Å². The molecule has 0 fully saturated rings. The third kappa shape index (κ3) is 5.72. The van der Waals surface area contributed by atoms with E-state index in [1.165, 1.54) is 23.9 Å². The molecule has 0 aliphatic heterocycles. The van der Waals surface area contributed by atoms with Gasteiger partial charge in [-0.3, -0.25) is 9.36 Å². The molecule has 0 bridgehead atoms. The lowest BCUT2D eigenvalue weighted by atomic mass is 10.2. The van der Waals surface area contributed by atoms with Gasteiger partial charge in [-0.25, -0.2) is 0 Å². The van der Waals surface area contributed by atoms with Gasteiger partial charge in [-0.15, -0.1) is 16.8 Å². The van der Waals surface area contributed by atoms with Crippen LogP contribution in [0.4, 0.5) is 8.78 Å². The molecule has 1 amide bonds. The van der Waals surface area contributed by atoms with E-state index in [4.69, 9.17) is 4.42 Å². The van der Waals surface area contributed by atoms with Gasteiger partial charge in [0.2, 0.25) is 5.91 Å². The van der Waals surface area contributed by atoms with Crippen molar-refractivity contribution in [3.63, 3.8) is 0 Å². The lowest BCUT2D eigenvalue weighted by Crippen LogP contribution is -2.27. The maximum atomic E-state index is 12.6. The highest BCUT2D eigenvalue weighted by Gasteiger charge is 2.18. The fourth-order valence-electron chi connectivity index (χ4n) is 2.88. The Morgan fingerprint density at radius 1 is 1.32 bits per heavy atom. The number of benzene rings is 1. The van der Waals surface area contributed by atoms with Gasteiger partial charge in [0.05, 0.1) is 17.6 Å². The van der Waals surface area contributed by atoms with Gasteiger partial charge in [0.1, 0.15) is 11.5 Å². The van der Waals surface area contributed by atoms with Crippen LogP contribution in [0.2, 0.25) is 0 Å². The van der Waals surface area contributed by atoms with Gasteiger partial charge in [-0.1, -0.05) is 30.0 Å². The molecule has 10 heteroatoms. The summed E-state index contributed by atoms with van der Waals surface area (Å²) in [5.41, 5.74) is 1.64. The normalized spacial score (nSPS) is 11.0. The van der Waals surface area contributed by atoms with Crippen LogP contribution in [0, 0.1) is 6.92 Å². The van der Waals surface area contributed by atoms with E-state index in [0.29, 0.717) is 24.1 Å². The molecule has 1 aromatic carbocycles. The molecule has 0 N–H and O–H groups in total. The molecule has 164 valence electrons. The largest absolute Gasteiger partial charge is 0.469 e. The minimum Gasteiger partial charge on any atom is -0.469 e. The average molecular weight is 448 g/mol. The number of rotatable bonds is 10. The van der Waals surface area contributed by atoms with Crippen LogP contribution in [0.3, 0.4) is 0 Å². The van der Waals surface area contributed by atoms with E-state index in [0.717, 1.165) is 16.9 Å². The van der Waals surface area contributed by atoms with Crippen molar-refractivity contribution < 1.29 is 22.7 Å². The van der Waals surface area contributed by atoms with Crippen LogP contribution < -0.4 is 4.74 Å². The van der Waals surface area contributed by atoms with Crippen LogP contribution in [0.5, 0.6) is 5.75 Å². The molecule has 0 saturated carbocycles. The minimum absolute atomic E-state index is 0.0773. The van der Waals surface area contributed by atoms with Crippen molar-refractivity contribution >= 4 is 17.7 Å². The number of ether oxygens (including phenoxy) is 1. The fourth-order valence-corrected chi connectivity index (χ4v) is 3.77. The number of hydrogen-bond donors (Lipinski definition) is 0. The smallest absolute Gasteiger partial charge is 0.387 e. The molecule has 3 aromatic rings. The second-order valence-corrected chi connectivity index (χ2v) is 7.60. The van der Waals surface area contributed by atoms with Crippen LogP contribution in [-0.2, 0) is 17.9 Å². The summed E-state index contributed by atoms with van der Waals surface area (Å²) in [4.78, 5) is 14.1. The summed E-state index contributed by atoms with van der Waals surface area (Å²) in [5, 5.41) is 9.08. The number of halogens is 2. The molecule has 2 aromatic heterocycles. The Morgan fingerprint density at radius 3 is 2.68 bits per heavy atom. The van der Waals surface area contributed by atoms with Crippen molar-refractivity contribution in [3.8, 4) is 17.1 Å². The van der Waals surface area contributed by atoms with E-state index < -0.39 is 6.61 Å². The Balaban J connectivity index is 1.61. The Morgan fingerprint density at radius 2 is 2.06 bits per heavy atom. The molecule has 31 heavy (non-hydrogen) atoms. The average Bonchev–Trinajstić information content (AvgIpc) is 3.33. The van der Waals surface area contributed by atoms with Crippen molar-refractivity contribution in [2.45, 2.75) is 31.8 Å². The van der Waals surface area contributed by atoms with Crippen LogP contribution in [0.15, 0.2) is 58.8 Å². The number of aryl methyl sites for hydroxylation is 1. The first kappa shape index (κ1) is 22.5. The molecule has 0 aliphatic rings.